The van der Waals surface area contributed by atoms with Crippen LogP contribution in [0.3, 0.4) is 0 Å². The number of aryl methyl sites for hydroxylation is 2. The molecular weight excluding hydrogens is 362 g/mol. The number of para-hydroxylation sites is 2. The highest BCUT2D eigenvalue weighted by Gasteiger charge is 2.29. The van der Waals surface area contributed by atoms with E-state index in [1.54, 1.807) is 0 Å². The van der Waals surface area contributed by atoms with Crippen LogP contribution in [0, 0.1) is 13.8 Å². The first kappa shape index (κ1) is 17.7. The van der Waals surface area contributed by atoms with Gasteiger partial charge in [-0.15, -0.1) is 5.10 Å². The fraction of sp³-hybridized carbons (Fsp3) is 0.389. The molecule has 27 heavy (non-hydrogen) atoms. The topological polar surface area (TPSA) is 90.5 Å². The van der Waals surface area contributed by atoms with Gasteiger partial charge in [0.2, 0.25) is 11.1 Å². The van der Waals surface area contributed by atoms with E-state index >= 15 is 0 Å². The lowest BCUT2D eigenvalue weighted by molar-refractivity contribution is -0.115. The maximum Gasteiger partial charge on any atom is 0.237 e. The first-order valence-electron chi connectivity index (χ1n) is 8.91. The van der Waals surface area contributed by atoms with Crippen molar-refractivity contribution in [3.05, 3.63) is 41.7 Å². The van der Waals surface area contributed by atoms with Gasteiger partial charge in [-0.25, -0.2) is 9.36 Å². The van der Waals surface area contributed by atoms with Gasteiger partial charge in [-0.1, -0.05) is 23.9 Å². The summed E-state index contributed by atoms with van der Waals surface area (Å²) in [5.41, 5.74) is 3.52. The van der Waals surface area contributed by atoms with E-state index < -0.39 is 0 Å². The summed E-state index contributed by atoms with van der Waals surface area (Å²) in [6.07, 6.45) is 2.18. The number of rotatable bonds is 6. The normalized spacial score (nSPS) is 14.9. The van der Waals surface area contributed by atoms with Gasteiger partial charge in [-0.3, -0.25) is 4.79 Å². The largest absolute Gasteiger partial charge is 0.323 e. The quantitative estimate of drug-likeness (QED) is 0.658. The zero-order chi connectivity index (χ0) is 19.0. The number of aromatic nitrogens is 6. The summed E-state index contributed by atoms with van der Waals surface area (Å²) in [6.45, 7) is 5.81. The zero-order valence-electron chi connectivity index (χ0n) is 15.5. The molecule has 9 heteroatoms. The Morgan fingerprint density at radius 2 is 2.07 bits per heavy atom. The highest BCUT2D eigenvalue weighted by molar-refractivity contribution is 8.00. The van der Waals surface area contributed by atoms with Gasteiger partial charge in [0, 0.05) is 5.69 Å². The highest BCUT2D eigenvalue weighted by atomic mass is 32.2. The van der Waals surface area contributed by atoms with Gasteiger partial charge in [0.15, 0.2) is 0 Å². The summed E-state index contributed by atoms with van der Waals surface area (Å²) < 4.78 is 3.66. The predicted molar refractivity (Wildman–Crippen MR) is 103 cm³/mol. The number of nitrogens with one attached hydrogen (secondary N) is 1. The molecular formula is C18H21N7OS. The molecule has 3 aromatic rings. The molecule has 0 radical (unpaired) electrons. The second-order valence-electron chi connectivity index (χ2n) is 6.74. The van der Waals surface area contributed by atoms with Crippen LogP contribution in [-0.4, -0.2) is 41.1 Å². The fourth-order valence-electron chi connectivity index (χ4n) is 2.89. The molecule has 1 amide bonds. The third kappa shape index (κ3) is 3.73. The Morgan fingerprint density at radius 1 is 1.30 bits per heavy atom. The van der Waals surface area contributed by atoms with Crippen molar-refractivity contribution in [2.24, 2.45) is 0 Å². The molecule has 2 heterocycles. The van der Waals surface area contributed by atoms with Crippen LogP contribution in [0.25, 0.3) is 5.69 Å². The van der Waals surface area contributed by atoms with Crippen molar-refractivity contribution >= 4 is 23.4 Å². The lowest BCUT2D eigenvalue weighted by Gasteiger charge is -2.15. The maximum absolute atomic E-state index is 12.8. The number of hydrogen-bond acceptors (Lipinski definition) is 6. The molecule has 4 rings (SSSR count). The number of thioether (sulfide) groups is 1. The van der Waals surface area contributed by atoms with Crippen molar-refractivity contribution in [1.82, 2.24) is 30.0 Å². The molecule has 0 bridgehead atoms. The summed E-state index contributed by atoms with van der Waals surface area (Å²) in [5.74, 6) is -0.0978. The Morgan fingerprint density at radius 3 is 2.78 bits per heavy atom. The molecule has 1 N–H and O–H groups in total. The van der Waals surface area contributed by atoms with Gasteiger partial charge in [-0.05, 0) is 62.2 Å². The van der Waals surface area contributed by atoms with E-state index in [0.717, 1.165) is 35.6 Å². The molecule has 1 aliphatic carbocycles. The van der Waals surface area contributed by atoms with Gasteiger partial charge >= 0.3 is 0 Å². The SMILES string of the molecule is Cc1cc(C)n(-c2ccccc2NC(=O)C(C)Sc2nnnn2C2CC2)n1. The number of carbonyl (C=O) groups is 1. The number of benzene rings is 1. The van der Waals surface area contributed by atoms with Crippen LogP contribution in [0.2, 0.25) is 0 Å². The Balaban J connectivity index is 1.51. The summed E-state index contributed by atoms with van der Waals surface area (Å²) in [5, 5.41) is 19.7. The van der Waals surface area contributed by atoms with E-state index in [1.807, 2.05) is 60.5 Å². The number of anilines is 1. The molecule has 0 spiro atoms. The van der Waals surface area contributed by atoms with Crippen LogP contribution < -0.4 is 5.32 Å². The van der Waals surface area contributed by atoms with E-state index in [1.165, 1.54) is 11.8 Å². The van der Waals surface area contributed by atoms with Crippen LogP contribution in [-0.2, 0) is 4.79 Å². The van der Waals surface area contributed by atoms with E-state index in [4.69, 9.17) is 0 Å². The second-order valence-corrected chi connectivity index (χ2v) is 8.05. The second kappa shape index (κ2) is 7.15. The molecule has 1 fully saturated rings. The van der Waals surface area contributed by atoms with Crippen LogP contribution >= 0.6 is 11.8 Å². The molecule has 2 aromatic heterocycles. The minimum absolute atomic E-state index is 0.0978. The Labute approximate surface area is 161 Å². The highest BCUT2D eigenvalue weighted by Crippen LogP contribution is 2.37. The van der Waals surface area contributed by atoms with Crippen LogP contribution in [0.5, 0.6) is 0 Å². The summed E-state index contributed by atoms with van der Waals surface area (Å²) in [7, 11) is 0. The van der Waals surface area contributed by atoms with Gasteiger partial charge in [-0.2, -0.15) is 5.10 Å². The van der Waals surface area contributed by atoms with Gasteiger partial charge in [0.1, 0.15) is 0 Å². The standard InChI is InChI=1S/C18H21N7OS/c1-11-10-12(2)24(21-11)16-7-5-4-6-15(16)19-17(26)13(3)27-18-20-22-23-25(18)14-8-9-14/h4-7,10,13-14H,8-9H2,1-3H3,(H,19,26). The van der Waals surface area contributed by atoms with E-state index in [0.29, 0.717) is 11.2 Å². The molecule has 1 aromatic carbocycles. The molecule has 8 nitrogen and oxygen atoms in total. The van der Waals surface area contributed by atoms with E-state index in [9.17, 15) is 4.79 Å². The fourth-order valence-corrected chi connectivity index (χ4v) is 3.75. The van der Waals surface area contributed by atoms with Crippen LogP contribution in [0.15, 0.2) is 35.5 Å². The minimum atomic E-state index is -0.331. The van der Waals surface area contributed by atoms with Gasteiger partial charge in [0.05, 0.1) is 28.4 Å². The molecule has 1 unspecified atom stereocenters. The predicted octanol–water partition coefficient (Wildman–Crippen LogP) is 2.93. The number of amides is 1. The lowest BCUT2D eigenvalue weighted by atomic mass is 10.2. The Bertz CT molecular complexity index is 976. The van der Waals surface area contributed by atoms with Crippen molar-refractivity contribution in [2.45, 2.75) is 50.1 Å². The monoisotopic (exact) mass is 383 g/mol. The van der Waals surface area contributed by atoms with Crippen molar-refractivity contribution in [1.29, 1.82) is 0 Å². The molecule has 1 atom stereocenters. The molecule has 1 saturated carbocycles. The first-order valence-corrected chi connectivity index (χ1v) is 9.79. The average molecular weight is 383 g/mol. The molecule has 140 valence electrons. The van der Waals surface area contributed by atoms with E-state index in [-0.39, 0.29) is 11.2 Å². The van der Waals surface area contributed by atoms with E-state index in [2.05, 4.69) is 25.9 Å². The minimum Gasteiger partial charge on any atom is -0.323 e. The Hall–Kier alpha value is -2.68. The van der Waals surface area contributed by atoms with Gasteiger partial charge < -0.3 is 5.32 Å². The summed E-state index contributed by atoms with van der Waals surface area (Å²) >= 11 is 1.37. The first-order chi connectivity index (χ1) is 13.0. The average Bonchev–Trinajstić information content (AvgIpc) is 3.29. The number of carbonyl (C=O) groups excluding carboxylic acids is 1. The molecule has 0 saturated heterocycles. The summed E-state index contributed by atoms with van der Waals surface area (Å²) in [6, 6.07) is 10.1. The summed E-state index contributed by atoms with van der Waals surface area (Å²) in [4.78, 5) is 12.8. The number of nitrogens with zero attached hydrogens (tertiary/aromatic N) is 6. The maximum atomic E-state index is 12.8. The molecule has 0 aliphatic heterocycles. The van der Waals surface area contributed by atoms with Crippen LogP contribution in [0.1, 0.15) is 37.2 Å². The third-order valence-corrected chi connectivity index (χ3v) is 5.45. The smallest absolute Gasteiger partial charge is 0.237 e. The Kier molecular flexibility index (Phi) is 4.69. The van der Waals surface area contributed by atoms with Crippen molar-refractivity contribution < 1.29 is 4.79 Å². The third-order valence-electron chi connectivity index (χ3n) is 4.41. The van der Waals surface area contributed by atoms with Gasteiger partial charge in [0.25, 0.3) is 0 Å². The van der Waals surface area contributed by atoms with Crippen LogP contribution in [0.4, 0.5) is 5.69 Å². The lowest BCUT2D eigenvalue weighted by Crippen LogP contribution is -2.24. The van der Waals surface area contributed by atoms with Crippen molar-refractivity contribution in [3.8, 4) is 5.69 Å². The number of tetrazole rings is 1. The zero-order valence-corrected chi connectivity index (χ0v) is 16.3. The van der Waals surface area contributed by atoms with Crippen molar-refractivity contribution in [2.75, 3.05) is 5.32 Å². The molecule has 1 aliphatic rings. The van der Waals surface area contributed by atoms with Crippen molar-refractivity contribution in [3.63, 3.8) is 0 Å². The number of hydrogen-bond donors (Lipinski definition) is 1.